The number of benzene rings is 1. The second-order valence-electron chi connectivity index (χ2n) is 7.18. The van der Waals surface area contributed by atoms with Crippen molar-refractivity contribution in [2.75, 3.05) is 13.1 Å². The number of carbonyl (C=O) groups is 2. The summed E-state index contributed by atoms with van der Waals surface area (Å²) in [6.07, 6.45) is 4.21. The molecule has 24 heavy (non-hydrogen) atoms. The minimum absolute atomic E-state index is 0.197. The van der Waals surface area contributed by atoms with Crippen molar-refractivity contribution in [3.63, 3.8) is 0 Å². The van der Waals surface area contributed by atoms with Crippen LogP contribution in [0.2, 0.25) is 0 Å². The number of aliphatic carboxylic acids is 1. The Balaban J connectivity index is 1.80. The molecule has 1 heterocycles. The zero-order valence-electron chi connectivity index (χ0n) is 14.8. The average Bonchev–Trinajstić information content (AvgIpc) is 2.58. The summed E-state index contributed by atoms with van der Waals surface area (Å²) in [5, 5.41) is 8.80. The van der Waals surface area contributed by atoms with Gasteiger partial charge in [-0.05, 0) is 48.6 Å². The summed E-state index contributed by atoms with van der Waals surface area (Å²) in [6.45, 7) is 5.89. The number of hydrogen-bond donors (Lipinski definition) is 1. The lowest BCUT2D eigenvalue weighted by molar-refractivity contribution is -0.137. The first-order chi connectivity index (χ1) is 11.5. The molecular formula is C20H29NO3. The number of nitrogens with zero attached hydrogens (tertiary/aromatic N) is 1. The normalized spacial score (nSPS) is 18.0. The van der Waals surface area contributed by atoms with Crippen LogP contribution in [-0.4, -0.2) is 35.0 Å². The Morgan fingerprint density at radius 2 is 1.92 bits per heavy atom. The third-order valence-electron chi connectivity index (χ3n) is 4.91. The molecule has 1 atom stereocenters. The zero-order valence-corrected chi connectivity index (χ0v) is 14.8. The topological polar surface area (TPSA) is 57.6 Å². The van der Waals surface area contributed by atoms with Gasteiger partial charge in [0.1, 0.15) is 0 Å². The molecule has 1 aromatic rings. The number of aryl methyl sites for hydroxylation is 1. The average molecular weight is 331 g/mol. The number of carboxylic acids is 1. The molecule has 1 N–H and O–H groups in total. The van der Waals surface area contributed by atoms with Crippen LogP contribution in [-0.2, 0) is 16.0 Å². The second kappa shape index (κ2) is 8.86. The molecule has 0 saturated carbocycles. The van der Waals surface area contributed by atoms with Crippen LogP contribution >= 0.6 is 0 Å². The third-order valence-corrected chi connectivity index (χ3v) is 4.91. The van der Waals surface area contributed by atoms with E-state index in [2.05, 4.69) is 38.1 Å². The predicted octanol–water partition coefficient (Wildman–Crippen LogP) is 3.85. The van der Waals surface area contributed by atoms with Crippen LogP contribution in [0.4, 0.5) is 0 Å². The number of carboxylic acid groups (broad SMARTS) is 1. The highest BCUT2D eigenvalue weighted by Crippen LogP contribution is 2.22. The highest BCUT2D eigenvalue weighted by molar-refractivity contribution is 5.76. The standard InChI is InChI=1S/C20H29NO3/c1-15(2)18-9-5-16(6-10-18)7-11-19(22)21-13-3-4-17(14-21)8-12-20(23)24/h5-6,9-10,15,17H,3-4,7-8,11-14H2,1-2H3,(H,23,24). The first-order valence-electron chi connectivity index (χ1n) is 9.04. The van der Waals surface area contributed by atoms with Crippen LogP contribution in [0.1, 0.15) is 63.0 Å². The number of carbonyl (C=O) groups excluding carboxylic acids is 1. The van der Waals surface area contributed by atoms with Gasteiger partial charge in [0.2, 0.25) is 5.91 Å². The molecule has 0 aliphatic carbocycles. The Hall–Kier alpha value is -1.84. The minimum atomic E-state index is -0.747. The molecule has 1 amide bonds. The highest BCUT2D eigenvalue weighted by atomic mass is 16.4. The molecule has 4 heteroatoms. The summed E-state index contributed by atoms with van der Waals surface area (Å²) in [6, 6.07) is 8.53. The van der Waals surface area contributed by atoms with Crippen molar-refractivity contribution in [1.82, 2.24) is 4.90 Å². The van der Waals surface area contributed by atoms with Gasteiger partial charge in [-0.25, -0.2) is 0 Å². The molecule has 4 nitrogen and oxygen atoms in total. The van der Waals surface area contributed by atoms with Gasteiger partial charge in [-0.3, -0.25) is 9.59 Å². The van der Waals surface area contributed by atoms with Crippen LogP contribution < -0.4 is 0 Å². The van der Waals surface area contributed by atoms with E-state index in [4.69, 9.17) is 5.11 Å². The minimum Gasteiger partial charge on any atom is -0.481 e. The summed E-state index contributed by atoms with van der Waals surface area (Å²) in [7, 11) is 0. The maximum atomic E-state index is 12.4. The van der Waals surface area contributed by atoms with Gasteiger partial charge in [0, 0.05) is 25.9 Å². The smallest absolute Gasteiger partial charge is 0.303 e. The van der Waals surface area contributed by atoms with Gasteiger partial charge in [0.15, 0.2) is 0 Å². The Labute approximate surface area is 144 Å². The van der Waals surface area contributed by atoms with E-state index in [0.717, 1.165) is 32.4 Å². The summed E-state index contributed by atoms with van der Waals surface area (Å²) >= 11 is 0. The third kappa shape index (κ3) is 5.66. The number of likely N-dealkylation sites (tertiary alicyclic amines) is 1. The fraction of sp³-hybridized carbons (Fsp3) is 0.600. The van der Waals surface area contributed by atoms with Gasteiger partial charge in [0.25, 0.3) is 0 Å². The Kier molecular flexibility index (Phi) is 6.83. The maximum absolute atomic E-state index is 12.4. The van der Waals surface area contributed by atoms with Gasteiger partial charge in [-0.1, -0.05) is 38.1 Å². The fourth-order valence-corrected chi connectivity index (χ4v) is 3.33. The molecule has 0 aromatic heterocycles. The van der Waals surface area contributed by atoms with Crippen molar-refractivity contribution in [1.29, 1.82) is 0 Å². The molecule has 0 spiro atoms. The van der Waals surface area contributed by atoms with E-state index >= 15 is 0 Å². The van der Waals surface area contributed by atoms with Gasteiger partial charge in [-0.15, -0.1) is 0 Å². The van der Waals surface area contributed by atoms with E-state index in [-0.39, 0.29) is 12.3 Å². The van der Waals surface area contributed by atoms with Gasteiger partial charge >= 0.3 is 5.97 Å². The van der Waals surface area contributed by atoms with Crippen molar-refractivity contribution in [3.05, 3.63) is 35.4 Å². The number of hydrogen-bond acceptors (Lipinski definition) is 2. The second-order valence-corrected chi connectivity index (χ2v) is 7.18. The van der Waals surface area contributed by atoms with Gasteiger partial charge in [0.05, 0.1) is 0 Å². The molecule has 1 aromatic carbocycles. The van der Waals surface area contributed by atoms with Crippen molar-refractivity contribution < 1.29 is 14.7 Å². The predicted molar refractivity (Wildman–Crippen MR) is 95.0 cm³/mol. The van der Waals surface area contributed by atoms with Gasteiger partial charge in [-0.2, -0.15) is 0 Å². The molecule has 0 bridgehead atoms. The van der Waals surface area contributed by atoms with Crippen LogP contribution in [0.3, 0.4) is 0 Å². The van der Waals surface area contributed by atoms with Crippen LogP contribution in [0.15, 0.2) is 24.3 Å². The molecule has 2 rings (SSSR count). The van der Waals surface area contributed by atoms with E-state index in [1.54, 1.807) is 0 Å². The molecule has 1 aliphatic rings. The van der Waals surface area contributed by atoms with Crippen molar-refractivity contribution in [2.24, 2.45) is 5.92 Å². The highest BCUT2D eigenvalue weighted by Gasteiger charge is 2.23. The summed E-state index contributed by atoms with van der Waals surface area (Å²) in [5.74, 6) is 0.312. The summed E-state index contributed by atoms with van der Waals surface area (Å²) < 4.78 is 0. The molecule has 1 saturated heterocycles. The lowest BCUT2D eigenvalue weighted by Crippen LogP contribution is -2.40. The lowest BCUT2D eigenvalue weighted by atomic mass is 9.93. The molecule has 1 aliphatic heterocycles. The number of piperidine rings is 1. The lowest BCUT2D eigenvalue weighted by Gasteiger charge is -2.32. The van der Waals surface area contributed by atoms with Crippen molar-refractivity contribution >= 4 is 11.9 Å². The van der Waals surface area contributed by atoms with E-state index in [0.29, 0.717) is 24.7 Å². The molecule has 1 unspecified atom stereocenters. The van der Waals surface area contributed by atoms with E-state index in [9.17, 15) is 9.59 Å². The zero-order chi connectivity index (χ0) is 17.5. The first-order valence-corrected chi connectivity index (χ1v) is 9.04. The molecular weight excluding hydrogens is 302 g/mol. The quantitative estimate of drug-likeness (QED) is 0.826. The molecule has 1 fully saturated rings. The SMILES string of the molecule is CC(C)c1ccc(CCC(=O)N2CCCC(CCC(=O)O)C2)cc1. The fourth-order valence-electron chi connectivity index (χ4n) is 3.33. The van der Waals surface area contributed by atoms with Crippen LogP contribution in [0.25, 0.3) is 0 Å². The molecule has 0 radical (unpaired) electrons. The monoisotopic (exact) mass is 331 g/mol. The van der Waals surface area contributed by atoms with E-state index in [1.165, 1.54) is 11.1 Å². The van der Waals surface area contributed by atoms with E-state index < -0.39 is 5.97 Å². The number of amides is 1. The first kappa shape index (κ1) is 18.5. The van der Waals surface area contributed by atoms with Crippen molar-refractivity contribution in [2.45, 2.75) is 58.3 Å². The Morgan fingerprint density at radius 3 is 2.54 bits per heavy atom. The van der Waals surface area contributed by atoms with Gasteiger partial charge < -0.3 is 10.0 Å². The largest absolute Gasteiger partial charge is 0.481 e. The van der Waals surface area contributed by atoms with Crippen molar-refractivity contribution in [3.8, 4) is 0 Å². The maximum Gasteiger partial charge on any atom is 0.303 e. The Bertz CT molecular complexity index is 551. The summed E-state index contributed by atoms with van der Waals surface area (Å²) in [5.41, 5.74) is 2.52. The van der Waals surface area contributed by atoms with Crippen LogP contribution in [0.5, 0.6) is 0 Å². The number of rotatable bonds is 7. The molecule has 132 valence electrons. The van der Waals surface area contributed by atoms with E-state index in [1.807, 2.05) is 4.90 Å². The Morgan fingerprint density at radius 1 is 1.21 bits per heavy atom. The summed E-state index contributed by atoms with van der Waals surface area (Å²) in [4.78, 5) is 25.1. The van der Waals surface area contributed by atoms with Crippen LogP contribution in [0, 0.1) is 5.92 Å².